The molecule has 0 saturated carbocycles. The summed E-state index contributed by atoms with van der Waals surface area (Å²) in [6.07, 6.45) is 1.01. The Balaban J connectivity index is 1.68. The van der Waals surface area contributed by atoms with E-state index in [-0.39, 0.29) is 11.2 Å². The van der Waals surface area contributed by atoms with E-state index in [4.69, 9.17) is 0 Å². The SMILES string of the molecule is CC(C)S(=O)c1ccc(C(=O)N2CCC(c3ccccc3)C2)cc1. The second-order valence-corrected chi connectivity index (χ2v) is 8.53. The molecular weight excluding hydrogens is 318 g/mol. The molecule has 0 spiro atoms. The molecule has 3 nitrogen and oxygen atoms in total. The van der Waals surface area contributed by atoms with Gasteiger partial charge in [0.2, 0.25) is 0 Å². The number of carbonyl (C=O) groups is 1. The van der Waals surface area contributed by atoms with Gasteiger partial charge in [-0.1, -0.05) is 44.2 Å². The molecule has 3 rings (SSSR count). The summed E-state index contributed by atoms with van der Waals surface area (Å²) in [6.45, 7) is 5.42. The number of rotatable bonds is 4. The van der Waals surface area contributed by atoms with Crippen LogP contribution in [0.5, 0.6) is 0 Å². The highest BCUT2D eigenvalue weighted by atomic mass is 32.2. The number of likely N-dealkylation sites (tertiary alicyclic amines) is 1. The summed E-state index contributed by atoms with van der Waals surface area (Å²) >= 11 is 0. The molecule has 2 atom stereocenters. The molecule has 126 valence electrons. The molecule has 1 aliphatic heterocycles. The maximum absolute atomic E-state index is 12.7. The fourth-order valence-corrected chi connectivity index (χ4v) is 4.08. The number of carbonyl (C=O) groups excluding carboxylic acids is 1. The second-order valence-electron chi connectivity index (χ2n) is 6.52. The predicted octanol–water partition coefficient (Wildman–Crippen LogP) is 3.83. The summed E-state index contributed by atoms with van der Waals surface area (Å²) in [5.41, 5.74) is 1.98. The number of hydrogen-bond donors (Lipinski definition) is 0. The first kappa shape index (κ1) is 16.9. The third-order valence-corrected chi connectivity index (χ3v) is 6.10. The maximum Gasteiger partial charge on any atom is 0.253 e. The average Bonchev–Trinajstić information content (AvgIpc) is 3.11. The summed E-state index contributed by atoms with van der Waals surface area (Å²) in [5.74, 6) is 0.484. The number of benzene rings is 2. The molecule has 2 aromatic carbocycles. The Hall–Kier alpha value is -1.94. The van der Waals surface area contributed by atoms with Gasteiger partial charge in [-0.25, -0.2) is 0 Å². The van der Waals surface area contributed by atoms with Gasteiger partial charge in [-0.05, 0) is 36.2 Å². The molecule has 1 aliphatic rings. The Morgan fingerprint density at radius 3 is 2.38 bits per heavy atom. The molecule has 2 aromatic rings. The van der Waals surface area contributed by atoms with Gasteiger partial charge in [0.25, 0.3) is 5.91 Å². The Kier molecular flexibility index (Phi) is 5.14. The van der Waals surface area contributed by atoms with Crippen molar-refractivity contribution in [3.63, 3.8) is 0 Å². The van der Waals surface area contributed by atoms with E-state index in [1.165, 1.54) is 5.56 Å². The monoisotopic (exact) mass is 341 g/mol. The van der Waals surface area contributed by atoms with Gasteiger partial charge in [-0.2, -0.15) is 0 Å². The van der Waals surface area contributed by atoms with E-state index >= 15 is 0 Å². The molecule has 0 bridgehead atoms. The van der Waals surface area contributed by atoms with E-state index in [2.05, 4.69) is 12.1 Å². The van der Waals surface area contributed by atoms with Gasteiger partial charge < -0.3 is 4.90 Å². The topological polar surface area (TPSA) is 37.4 Å². The van der Waals surface area contributed by atoms with Crippen LogP contribution in [0.2, 0.25) is 0 Å². The standard InChI is InChI=1S/C20H23NO2S/c1-15(2)24(23)19-10-8-17(9-11-19)20(22)21-13-12-18(14-21)16-6-4-3-5-7-16/h3-11,15,18H,12-14H2,1-2H3. The smallest absolute Gasteiger partial charge is 0.253 e. The number of nitrogens with zero attached hydrogens (tertiary/aromatic N) is 1. The van der Waals surface area contributed by atoms with E-state index in [9.17, 15) is 9.00 Å². The van der Waals surface area contributed by atoms with Crippen molar-refractivity contribution >= 4 is 16.7 Å². The van der Waals surface area contributed by atoms with Gasteiger partial charge in [0.05, 0.1) is 10.8 Å². The summed E-state index contributed by atoms with van der Waals surface area (Å²) < 4.78 is 12.1. The first-order valence-corrected chi connectivity index (χ1v) is 9.62. The molecule has 1 saturated heterocycles. The van der Waals surface area contributed by atoms with Crippen LogP contribution in [-0.4, -0.2) is 33.4 Å². The van der Waals surface area contributed by atoms with Crippen LogP contribution in [-0.2, 0) is 10.8 Å². The maximum atomic E-state index is 12.7. The van der Waals surface area contributed by atoms with Crippen LogP contribution in [0.4, 0.5) is 0 Å². The zero-order chi connectivity index (χ0) is 17.1. The highest BCUT2D eigenvalue weighted by molar-refractivity contribution is 7.85. The van der Waals surface area contributed by atoms with Gasteiger partial charge in [0, 0.05) is 34.7 Å². The van der Waals surface area contributed by atoms with E-state index in [0.29, 0.717) is 11.5 Å². The summed E-state index contributed by atoms with van der Waals surface area (Å²) in [6, 6.07) is 17.6. The Morgan fingerprint density at radius 1 is 1.08 bits per heavy atom. The minimum Gasteiger partial charge on any atom is -0.338 e. The van der Waals surface area contributed by atoms with Crippen LogP contribution in [0.25, 0.3) is 0 Å². The summed E-state index contributed by atoms with van der Waals surface area (Å²) in [5, 5.41) is 0.0803. The van der Waals surface area contributed by atoms with Crippen LogP contribution < -0.4 is 0 Å². The normalized spacial score (nSPS) is 18.8. The van der Waals surface area contributed by atoms with Gasteiger partial charge in [0.15, 0.2) is 0 Å². The molecule has 0 radical (unpaired) electrons. The minimum absolute atomic E-state index is 0.0651. The molecule has 0 N–H and O–H groups in total. The van der Waals surface area contributed by atoms with Crippen molar-refractivity contribution in [1.82, 2.24) is 4.90 Å². The van der Waals surface area contributed by atoms with Crippen molar-refractivity contribution in [2.24, 2.45) is 0 Å². The largest absolute Gasteiger partial charge is 0.338 e. The van der Waals surface area contributed by atoms with Crippen molar-refractivity contribution in [2.45, 2.75) is 36.3 Å². The molecule has 0 aliphatic carbocycles. The summed E-state index contributed by atoms with van der Waals surface area (Å²) in [4.78, 5) is 15.4. The van der Waals surface area contributed by atoms with Crippen LogP contribution in [0, 0.1) is 0 Å². The summed E-state index contributed by atoms with van der Waals surface area (Å²) in [7, 11) is -1.01. The lowest BCUT2D eigenvalue weighted by molar-refractivity contribution is 0.0790. The lowest BCUT2D eigenvalue weighted by Crippen LogP contribution is -2.28. The quantitative estimate of drug-likeness (QED) is 0.847. The van der Waals surface area contributed by atoms with Crippen LogP contribution in [0.3, 0.4) is 0 Å². The number of hydrogen-bond acceptors (Lipinski definition) is 2. The molecule has 0 aromatic heterocycles. The van der Waals surface area contributed by atoms with Gasteiger partial charge >= 0.3 is 0 Å². The van der Waals surface area contributed by atoms with Crippen molar-refractivity contribution in [1.29, 1.82) is 0 Å². The van der Waals surface area contributed by atoms with Crippen LogP contribution >= 0.6 is 0 Å². The van der Waals surface area contributed by atoms with Gasteiger partial charge in [-0.3, -0.25) is 9.00 Å². The Morgan fingerprint density at radius 2 is 1.75 bits per heavy atom. The molecular formula is C20H23NO2S. The molecule has 4 heteroatoms. The van der Waals surface area contributed by atoms with Crippen molar-refractivity contribution < 1.29 is 9.00 Å². The van der Waals surface area contributed by atoms with Gasteiger partial charge in [0.1, 0.15) is 0 Å². The first-order chi connectivity index (χ1) is 11.6. The number of amides is 1. The molecule has 24 heavy (non-hydrogen) atoms. The molecule has 1 amide bonds. The lowest BCUT2D eigenvalue weighted by Gasteiger charge is -2.17. The minimum atomic E-state index is -1.01. The second kappa shape index (κ2) is 7.31. The first-order valence-electron chi connectivity index (χ1n) is 8.41. The van der Waals surface area contributed by atoms with Crippen molar-refractivity contribution in [3.8, 4) is 0 Å². The lowest BCUT2D eigenvalue weighted by atomic mass is 9.99. The fraction of sp³-hybridized carbons (Fsp3) is 0.350. The van der Waals surface area contributed by atoms with E-state index in [1.807, 2.05) is 49.1 Å². The third-order valence-electron chi connectivity index (χ3n) is 4.51. The van der Waals surface area contributed by atoms with E-state index in [1.54, 1.807) is 12.1 Å². The van der Waals surface area contributed by atoms with Crippen molar-refractivity contribution in [3.05, 3.63) is 65.7 Å². The zero-order valence-corrected chi connectivity index (χ0v) is 15.0. The fourth-order valence-electron chi connectivity index (χ4n) is 3.13. The molecule has 2 unspecified atom stereocenters. The third kappa shape index (κ3) is 3.59. The average molecular weight is 341 g/mol. The van der Waals surface area contributed by atoms with Crippen LogP contribution in [0.1, 0.15) is 42.1 Å². The zero-order valence-electron chi connectivity index (χ0n) is 14.1. The molecule has 1 fully saturated rings. The van der Waals surface area contributed by atoms with E-state index < -0.39 is 10.8 Å². The highest BCUT2D eigenvalue weighted by Crippen LogP contribution is 2.28. The Bertz CT molecular complexity index is 725. The Labute approximate surface area is 146 Å². The molecule has 1 heterocycles. The highest BCUT2D eigenvalue weighted by Gasteiger charge is 2.27. The van der Waals surface area contributed by atoms with Crippen molar-refractivity contribution in [2.75, 3.05) is 13.1 Å². The predicted molar refractivity (Wildman–Crippen MR) is 97.7 cm³/mol. The van der Waals surface area contributed by atoms with E-state index in [0.717, 1.165) is 24.4 Å². The van der Waals surface area contributed by atoms with Crippen LogP contribution in [0.15, 0.2) is 59.5 Å². The van der Waals surface area contributed by atoms with Gasteiger partial charge in [-0.15, -0.1) is 0 Å².